The van der Waals surface area contributed by atoms with Crippen LogP contribution in [0, 0.1) is 5.92 Å². The van der Waals surface area contributed by atoms with Gasteiger partial charge in [0.1, 0.15) is 29.8 Å². The van der Waals surface area contributed by atoms with Gasteiger partial charge >= 0.3 is 6.09 Å². The van der Waals surface area contributed by atoms with E-state index in [2.05, 4.69) is 0 Å². The molecule has 8 heteroatoms. The summed E-state index contributed by atoms with van der Waals surface area (Å²) in [6, 6.07) is 17.5. The Balaban J connectivity index is 1.34. The van der Waals surface area contributed by atoms with Gasteiger partial charge in [-0.15, -0.1) is 0 Å². The van der Waals surface area contributed by atoms with Crippen molar-refractivity contribution >= 4 is 12.0 Å². The monoisotopic (exact) mass is 552 g/mol. The van der Waals surface area contributed by atoms with Crippen molar-refractivity contribution in [2.24, 2.45) is 5.92 Å². The van der Waals surface area contributed by atoms with E-state index < -0.39 is 5.60 Å². The minimum atomic E-state index is -0.591. The van der Waals surface area contributed by atoms with E-state index >= 15 is 0 Å². The van der Waals surface area contributed by atoms with Crippen LogP contribution in [-0.2, 0) is 20.8 Å². The van der Waals surface area contributed by atoms with Crippen molar-refractivity contribution in [3.8, 4) is 11.5 Å². The largest absolute Gasteiger partial charge is 0.494 e. The molecule has 1 saturated carbocycles. The average Bonchev–Trinajstić information content (AvgIpc) is 2.95. The Kier molecular flexibility index (Phi) is 10.3. The van der Waals surface area contributed by atoms with Crippen molar-refractivity contribution in [2.75, 3.05) is 32.9 Å². The summed E-state index contributed by atoms with van der Waals surface area (Å²) in [7, 11) is 0. The van der Waals surface area contributed by atoms with Crippen LogP contribution in [0.4, 0.5) is 4.79 Å². The van der Waals surface area contributed by atoms with Crippen LogP contribution in [-0.4, -0.2) is 72.5 Å². The minimum absolute atomic E-state index is 0.00589. The van der Waals surface area contributed by atoms with Crippen LogP contribution in [0.15, 0.2) is 54.6 Å². The standard InChI is InChI=1S/C32H44N2O6/c1-5-37-28-13-9-10-24(20-28)21-34(31(36)40-32(2,3)4)26-16-14-25(15-17-26)30(35)33-18-19-38-29(22-33)23-39-27-11-7-6-8-12-27/h6-13,20,25-26,29H,5,14-19,21-23H2,1-4H3/t25?,26?,29-/m1/s1. The molecule has 40 heavy (non-hydrogen) atoms. The normalized spacial score (nSPS) is 21.4. The Hall–Kier alpha value is -3.26. The second kappa shape index (κ2) is 13.9. The fourth-order valence-corrected chi connectivity index (χ4v) is 5.38. The summed E-state index contributed by atoms with van der Waals surface area (Å²) >= 11 is 0. The van der Waals surface area contributed by atoms with Gasteiger partial charge < -0.3 is 28.7 Å². The van der Waals surface area contributed by atoms with Crippen LogP contribution in [0.2, 0.25) is 0 Å². The number of para-hydroxylation sites is 1. The van der Waals surface area contributed by atoms with Crippen LogP contribution in [0.3, 0.4) is 0 Å². The molecule has 1 heterocycles. The number of hydrogen-bond acceptors (Lipinski definition) is 6. The first-order valence-corrected chi connectivity index (χ1v) is 14.5. The van der Waals surface area contributed by atoms with E-state index in [0.717, 1.165) is 42.7 Å². The van der Waals surface area contributed by atoms with Gasteiger partial charge in [-0.1, -0.05) is 30.3 Å². The fraction of sp³-hybridized carbons (Fsp3) is 0.562. The van der Waals surface area contributed by atoms with Crippen LogP contribution in [0.1, 0.15) is 58.9 Å². The molecule has 0 bridgehead atoms. The molecule has 2 aromatic rings. The maximum absolute atomic E-state index is 13.5. The van der Waals surface area contributed by atoms with E-state index in [1.165, 1.54) is 0 Å². The lowest BCUT2D eigenvalue weighted by atomic mass is 9.84. The van der Waals surface area contributed by atoms with Gasteiger partial charge in [-0.05, 0) is 83.2 Å². The number of morpholine rings is 1. The third kappa shape index (κ3) is 8.62. The molecule has 0 spiro atoms. The predicted molar refractivity (Wildman–Crippen MR) is 153 cm³/mol. The Morgan fingerprint density at radius 2 is 1.70 bits per heavy atom. The molecule has 2 aliphatic rings. The van der Waals surface area contributed by atoms with E-state index in [1.54, 1.807) is 0 Å². The zero-order chi connectivity index (χ0) is 28.5. The zero-order valence-corrected chi connectivity index (χ0v) is 24.3. The molecule has 2 amide bonds. The number of benzene rings is 2. The van der Waals surface area contributed by atoms with E-state index in [4.69, 9.17) is 18.9 Å². The minimum Gasteiger partial charge on any atom is -0.494 e. The SMILES string of the molecule is CCOc1cccc(CN(C(=O)OC(C)(C)C)C2CCC(C(=O)N3CCO[C@@H](COc4ccccc4)C3)CC2)c1. The summed E-state index contributed by atoms with van der Waals surface area (Å²) in [6.07, 6.45) is 2.52. The van der Waals surface area contributed by atoms with E-state index in [0.29, 0.717) is 39.5 Å². The highest BCUT2D eigenvalue weighted by Gasteiger charge is 2.36. The Morgan fingerprint density at radius 3 is 2.40 bits per heavy atom. The number of hydrogen-bond donors (Lipinski definition) is 0. The van der Waals surface area contributed by atoms with Gasteiger partial charge in [0.2, 0.25) is 5.91 Å². The van der Waals surface area contributed by atoms with E-state index in [-0.39, 0.29) is 30.1 Å². The van der Waals surface area contributed by atoms with Crippen molar-refractivity contribution in [1.29, 1.82) is 0 Å². The smallest absolute Gasteiger partial charge is 0.410 e. The fourth-order valence-electron chi connectivity index (χ4n) is 5.38. The second-order valence-electron chi connectivity index (χ2n) is 11.6. The molecule has 218 valence electrons. The highest BCUT2D eigenvalue weighted by atomic mass is 16.6. The number of nitrogens with zero attached hydrogens (tertiary/aromatic N) is 2. The lowest BCUT2D eigenvalue weighted by Gasteiger charge is -2.39. The maximum atomic E-state index is 13.5. The van der Waals surface area contributed by atoms with Crippen LogP contribution >= 0.6 is 0 Å². The van der Waals surface area contributed by atoms with Crippen molar-refractivity contribution < 1.29 is 28.5 Å². The summed E-state index contributed by atoms with van der Waals surface area (Å²) in [5, 5.41) is 0. The molecule has 1 aliphatic carbocycles. The average molecular weight is 553 g/mol. The van der Waals surface area contributed by atoms with E-state index in [9.17, 15) is 9.59 Å². The maximum Gasteiger partial charge on any atom is 0.410 e. The number of carbonyl (C=O) groups is 2. The molecule has 0 radical (unpaired) electrons. The molecule has 1 atom stereocenters. The summed E-state index contributed by atoms with van der Waals surface area (Å²) in [6.45, 7) is 10.7. The van der Waals surface area contributed by atoms with Gasteiger partial charge in [-0.3, -0.25) is 4.79 Å². The first-order valence-electron chi connectivity index (χ1n) is 14.5. The van der Waals surface area contributed by atoms with Gasteiger partial charge in [-0.2, -0.15) is 0 Å². The van der Waals surface area contributed by atoms with E-state index in [1.807, 2.05) is 92.1 Å². The molecule has 2 fully saturated rings. The Labute approximate surface area is 238 Å². The predicted octanol–water partition coefficient (Wildman–Crippen LogP) is 5.69. The molecule has 1 saturated heterocycles. The highest BCUT2D eigenvalue weighted by molar-refractivity contribution is 5.79. The van der Waals surface area contributed by atoms with Crippen molar-refractivity contribution in [1.82, 2.24) is 9.80 Å². The summed E-state index contributed by atoms with van der Waals surface area (Å²) in [5.74, 6) is 1.72. The van der Waals surface area contributed by atoms with Gasteiger partial charge in [0.25, 0.3) is 0 Å². The zero-order valence-electron chi connectivity index (χ0n) is 24.3. The number of rotatable bonds is 9. The molecule has 4 rings (SSSR count). The quantitative estimate of drug-likeness (QED) is 0.398. The third-order valence-electron chi connectivity index (χ3n) is 7.31. The van der Waals surface area contributed by atoms with Crippen LogP contribution in [0.25, 0.3) is 0 Å². The summed E-state index contributed by atoms with van der Waals surface area (Å²) in [5.41, 5.74) is 0.402. The molecular formula is C32H44N2O6. The Bertz CT molecular complexity index is 1090. The molecule has 8 nitrogen and oxygen atoms in total. The third-order valence-corrected chi connectivity index (χ3v) is 7.31. The molecule has 0 unspecified atom stereocenters. The molecule has 0 N–H and O–H groups in total. The van der Waals surface area contributed by atoms with Gasteiger partial charge in [0.15, 0.2) is 0 Å². The number of amides is 2. The first kappa shape index (κ1) is 29.7. The van der Waals surface area contributed by atoms with Gasteiger partial charge in [0.05, 0.1) is 19.8 Å². The Morgan fingerprint density at radius 1 is 0.975 bits per heavy atom. The van der Waals surface area contributed by atoms with Crippen LogP contribution in [0.5, 0.6) is 11.5 Å². The van der Waals surface area contributed by atoms with Crippen LogP contribution < -0.4 is 9.47 Å². The summed E-state index contributed by atoms with van der Waals surface area (Å²) < 4.78 is 23.2. The van der Waals surface area contributed by atoms with Crippen molar-refractivity contribution in [2.45, 2.75) is 77.7 Å². The number of ether oxygens (including phenoxy) is 4. The molecule has 2 aromatic carbocycles. The molecule has 1 aliphatic heterocycles. The topological polar surface area (TPSA) is 77.5 Å². The summed E-state index contributed by atoms with van der Waals surface area (Å²) in [4.78, 5) is 30.5. The molecular weight excluding hydrogens is 508 g/mol. The first-order chi connectivity index (χ1) is 19.2. The lowest BCUT2D eigenvalue weighted by molar-refractivity contribution is -0.145. The highest BCUT2D eigenvalue weighted by Crippen LogP contribution is 2.32. The van der Waals surface area contributed by atoms with Crippen molar-refractivity contribution in [3.05, 3.63) is 60.2 Å². The number of carbonyl (C=O) groups excluding carboxylic acids is 2. The van der Waals surface area contributed by atoms with Crippen molar-refractivity contribution in [3.63, 3.8) is 0 Å². The second-order valence-corrected chi connectivity index (χ2v) is 11.6. The van der Waals surface area contributed by atoms with Gasteiger partial charge in [-0.25, -0.2) is 4.79 Å². The van der Waals surface area contributed by atoms with Gasteiger partial charge in [0, 0.05) is 25.0 Å². The molecule has 0 aromatic heterocycles. The lowest BCUT2D eigenvalue weighted by Crippen LogP contribution is -2.51.